The minimum atomic E-state index is -4.73. The molecule has 17 heavy (non-hydrogen) atoms. The van der Waals surface area contributed by atoms with E-state index in [0.717, 1.165) is 0 Å². The van der Waals surface area contributed by atoms with Crippen LogP contribution in [0.4, 0.5) is 36.4 Å². The molecule has 0 aromatic heterocycles. The fraction of sp³-hybridized carbons (Fsp3) is 0.333. The SMILES string of the molecule is Fc1cc(C(F)(F)F)ccc1NCC(F)(F)F. The van der Waals surface area contributed by atoms with Gasteiger partial charge in [-0.2, -0.15) is 26.3 Å². The van der Waals surface area contributed by atoms with Crippen molar-refractivity contribution >= 4 is 5.69 Å². The zero-order valence-corrected chi connectivity index (χ0v) is 8.08. The molecule has 0 aliphatic heterocycles. The Morgan fingerprint density at radius 3 is 2.00 bits per heavy atom. The van der Waals surface area contributed by atoms with Gasteiger partial charge in [-0.1, -0.05) is 0 Å². The van der Waals surface area contributed by atoms with Crippen molar-refractivity contribution in [2.75, 3.05) is 11.9 Å². The van der Waals surface area contributed by atoms with E-state index in [9.17, 15) is 30.7 Å². The molecular formula is C9H6F7N. The standard InChI is InChI=1S/C9H6F7N/c10-6-3-5(9(14,15)16)1-2-7(6)17-4-8(11,12)13/h1-3,17H,4H2. The van der Waals surface area contributed by atoms with Crippen LogP contribution in [0.2, 0.25) is 0 Å². The summed E-state index contributed by atoms with van der Waals surface area (Å²) in [7, 11) is 0. The molecule has 0 fully saturated rings. The lowest BCUT2D eigenvalue weighted by molar-refractivity contribution is -0.137. The van der Waals surface area contributed by atoms with Gasteiger partial charge in [0.05, 0.1) is 11.3 Å². The van der Waals surface area contributed by atoms with Gasteiger partial charge in [0.2, 0.25) is 0 Å². The molecule has 1 nitrogen and oxygen atoms in total. The molecule has 0 amide bonds. The lowest BCUT2D eigenvalue weighted by Crippen LogP contribution is -2.22. The predicted molar refractivity (Wildman–Crippen MR) is 45.9 cm³/mol. The topological polar surface area (TPSA) is 12.0 Å². The number of alkyl halides is 6. The van der Waals surface area contributed by atoms with Gasteiger partial charge in [0.1, 0.15) is 12.4 Å². The van der Waals surface area contributed by atoms with Crippen molar-refractivity contribution in [3.05, 3.63) is 29.6 Å². The molecule has 0 saturated carbocycles. The van der Waals surface area contributed by atoms with Gasteiger partial charge in [0, 0.05) is 0 Å². The molecular weight excluding hydrogens is 255 g/mol. The van der Waals surface area contributed by atoms with Crippen LogP contribution in [-0.4, -0.2) is 12.7 Å². The fourth-order valence-corrected chi connectivity index (χ4v) is 1.03. The molecule has 1 N–H and O–H groups in total. The number of hydrogen-bond acceptors (Lipinski definition) is 1. The van der Waals surface area contributed by atoms with Crippen LogP contribution in [-0.2, 0) is 6.18 Å². The first-order chi connectivity index (χ1) is 7.59. The van der Waals surface area contributed by atoms with Gasteiger partial charge < -0.3 is 5.32 Å². The highest BCUT2D eigenvalue weighted by Crippen LogP contribution is 2.31. The molecule has 1 rings (SSSR count). The molecule has 0 unspecified atom stereocenters. The van der Waals surface area contributed by atoms with E-state index in [2.05, 4.69) is 0 Å². The minimum Gasteiger partial charge on any atom is -0.374 e. The quantitative estimate of drug-likeness (QED) is 0.798. The molecule has 0 bridgehead atoms. The first kappa shape index (κ1) is 13.6. The monoisotopic (exact) mass is 261 g/mol. The van der Waals surface area contributed by atoms with Gasteiger partial charge in [-0.3, -0.25) is 0 Å². The van der Waals surface area contributed by atoms with Crippen LogP contribution >= 0.6 is 0 Å². The molecule has 0 aliphatic carbocycles. The van der Waals surface area contributed by atoms with E-state index in [-0.39, 0.29) is 6.07 Å². The molecule has 0 spiro atoms. The molecule has 0 heterocycles. The van der Waals surface area contributed by atoms with Gasteiger partial charge in [-0.25, -0.2) is 4.39 Å². The van der Waals surface area contributed by atoms with Crippen molar-refractivity contribution in [1.29, 1.82) is 0 Å². The number of rotatable bonds is 2. The average Bonchev–Trinajstić information content (AvgIpc) is 2.12. The second kappa shape index (κ2) is 4.42. The highest BCUT2D eigenvalue weighted by molar-refractivity contribution is 5.47. The normalized spacial score (nSPS) is 12.6. The first-order valence-electron chi connectivity index (χ1n) is 4.27. The van der Waals surface area contributed by atoms with Crippen LogP contribution in [0.15, 0.2) is 18.2 Å². The number of benzene rings is 1. The summed E-state index contributed by atoms with van der Waals surface area (Å²) in [6, 6.07) is 1.25. The Balaban J connectivity index is 2.84. The number of hydrogen-bond donors (Lipinski definition) is 1. The molecule has 0 radical (unpaired) electrons. The maximum absolute atomic E-state index is 13.0. The molecule has 8 heteroatoms. The molecule has 1 aromatic carbocycles. The average molecular weight is 261 g/mol. The Labute approximate surface area is 91.2 Å². The summed E-state index contributed by atoms with van der Waals surface area (Å²) >= 11 is 0. The molecule has 0 atom stereocenters. The lowest BCUT2D eigenvalue weighted by Gasteiger charge is -2.12. The Bertz CT molecular complexity index is 393. The third-order valence-electron chi connectivity index (χ3n) is 1.78. The van der Waals surface area contributed by atoms with E-state index in [1.54, 1.807) is 5.32 Å². The summed E-state index contributed by atoms with van der Waals surface area (Å²) in [6.45, 7) is -1.52. The first-order valence-corrected chi connectivity index (χ1v) is 4.27. The number of anilines is 1. The van der Waals surface area contributed by atoms with Crippen LogP contribution in [0.5, 0.6) is 0 Å². The van der Waals surface area contributed by atoms with Gasteiger partial charge in [-0.05, 0) is 18.2 Å². The summed E-state index contributed by atoms with van der Waals surface area (Å²) in [4.78, 5) is 0. The summed E-state index contributed by atoms with van der Waals surface area (Å²) in [5.74, 6) is -1.39. The largest absolute Gasteiger partial charge is 0.416 e. The third-order valence-corrected chi connectivity index (χ3v) is 1.78. The summed E-state index contributed by atoms with van der Waals surface area (Å²) in [6.07, 6.45) is -9.31. The highest BCUT2D eigenvalue weighted by atomic mass is 19.4. The van der Waals surface area contributed by atoms with E-state index >= 15 is 0 Å². The zero-order valence-electron chi connectivity index (χ0n) is 8.08. The smallest absolute Gasteiger partial charge is 0.374 e. The number of halogens is 7. The Morgan fingerprint density at radius 2 is 1.59 bits per heavy atom. The van der Waals surface area contributed by atoms with Crippen LogP contribution in [0.1, 0.15) is 5.56 Å². The number of nitrogens with one attached hydrogen (secondary N) is 1. The lowest BCUT2D eigenvalue weighted by atomic mass is 10.2. The second-order valence-electron chi connectivity index (χ2n) is 3.16. The van der Waals surface area contributed by atoms with Crippen molar-refractivity contribution in [3.8, 4) is 0 Å². The van der Waals surface area contributed by atoms with Crippen LogP contribution < -0.4 is 5.32 Å². The van der Waals surface area contributed by atoms with Crippen molar-refractivity contribution in [1.82, 2.24) is 0 Å². The van der Waals surface area contributed by atoms with E-state index in [1.807, 2.05) is 0 Å². The van der Waals surface area contributed by atoms with E-state index in [0.29, 0.717) is 12.1 Å². The summed E-state index contributed by atoms with van der Waals surface area (Å²) < 4.78 is 84.7. The Hall–Kier alpha value is -1.47. The van der Waals surface area contributed by atoms with E-state index < -0.39 is 36.0 Å². The van der Waals surface area contributed by atoms with Crippen LogP contribution in [0.3, 0.4) is 0 Å². The zero-order chi connectivity index (χ0) is 13.3. The van der Waals surface area contributed by atoms with Gasteiger partial charge >= 0.3 is 12.4 Å². The molecule has 96 valence electrons. The van der Waals surface area contributed by atoms with Crippen molar-refractivity contribution < 1.29 is 30.7 Å². The molecule has 0 saturated heterocycles. The van der Waals surface area contributed by atoms with Crippen molar-refractivity contribution in [2.45, 2.75) is 12.4 Å². The fourth-order valence-electron chi connectivity index (χ4n) is 1.03. The van der Waals surface area contributed by atoms with Crippen LogP contribution in [0, 0.1) is 5.82 Å². The molecule has 0 aliphatic rings. The maximum atomic E-state index is 13.0. The molecule has 1 aromatic rings. The minimum absolute atomic E-state index is 0.138. The highest BCUT2D eigenvalue weighted by Gasteiger charge is 2.32. The van der Waals surface area contributed by atoms with Gasteiger partial charge in [-0.15, -0.1) is 0 Å². The summed E-state index contributed by atoms with van der Waals surface area (Å²) in [5.41, 5.74) is -1.89. The Morgan fingerprint density at radius 1 is 1.00 bits per heavy atom. The predicted octanol–water partition coefficient (Wildman–Crippen LogP) is 3.82. The second-order valence-corrected chi connectivity index (χ2v) is 3.16. The van der Waals surface area contributed by atoms with Gasteiger partial charge in [0.25, 0.3) is 0 Å². The van der Waals surface area contributed by atoms with Crippen molar-refractivity contribution in [2.24, 2.45) is 0 Å². The third kappa shape index (κ3) is 4.12. The van der Waals surface area contributed by atoms with Crippen molar-refractivity contribution in [3.63, 3.8) is 0 Å². The Kier molecular flexibility index (Phi) is 3.53. The van der Waals surface area contributed by atoms with E-state index in [1.165, 1.54) is 0 Å². The van der Waals surface area contributed by atoms with Crippen LogP contribution in [0.25, 0.3) is 0 Å². The van der Waals surface area contributed by atoms with E-state index in [4.69, 9.17) is 0 Å². The summed E-state index contributed by atoms with van der Waals surface area (Å²) in [5, 5.41) is 1.66. The van der Waals surface area contributed by atoms with Gasteiger partial charge in [0.15, 0.2) is 0 Å². The maximum Gasteiger partial charge on any atom is 0.416 e.